The number of aliphatic hydroxyl groups excluding tert-OH is 2. The number of hydrogen-bond donors (Lipinski definition) is 4. The van der Waals surface area contributed by atoms with Gasteiger partial charge in [0.25, 0.3) is 0 Å². The Morgan fingerprint density at radius 3 is 2.39 bits per heavy atom. The second-order valence-electron chi connectivity index (χ2n) is 14.0. The molecule has 0 aromatic rings. The van der Waals surface area contributed by atoms with E-state index >= 15 is 0 Å². The molecule has 0 amide bonds. The first-order valence-corrected chi connectivity index (χ1v) is 13.2. The minimum atomic E-state index is -1.78. The molecule has 0 aliphatic heterocycles. The van der Waals surface area contributed by atoms with Crippen LogP contribution in [0.1, 0.15) is 73.6 Å². The van der Waals surface area contributed by atoms with Gasteiger partial charge in [0.1, 0.15) is 17.5 Å². The molecule has 0 heterocycles. The molecule has 7 nitrogen and oxygen atoms in total. The molecular weight excluding hydrogens is 460 g/mol. The predicted octanol–water partition coefficient (Wildman–Crippen LogP) is 2.29. The second-order valence-corrected chi connectivity index (χ2v) is 14.0. The lowest BCUT2D eigenvalue weighted by Crippen LogP contribution is -2.73. The number of carbonyl (C=O) groups excluding carboxylic acids is 3. The fourth-order valence-electron chi connectivity index (χ4n) is 9.45. The van der Waals surface area contributed by atoms with E-state index in [0.29, 0.717) is 12.8 Å². The van der Waals surface area contributed by atoms with Gasteiger partial charge in [0, 0.05) is 29.6 Å². The average Bonchev–Trinajstić information content (AvgIpc) is 2.92. The zero-order valence-electron chi connectivity index (χ0n) is 22.2. The number of aliphatic hydroxyl groups is 4. The molecule has 0 aromatic heterocycles. The van der Waals surface area contributed by atoms with Gasteiger partial charge >= 0.3 is 0 Å². The van der Waals surface area contributed by atoms with Crippen molar-refractivity contribution in [3.05, 3.63) is 23.8 Å². The van der Waals surface area contributed by atoms with E-state index in [0.717, 1.165) is 5.57 Å². The summed E-state index contributed by atoms with van der Waals surface area (Å²) in [5.41, 5.74) is -4.84. The standard InChI is InChI=1S/C29H40O7/c1-24(2,35)10-9-20(32)29(36)14-28-13-21(33)27(6)16-11-17(30)23(34)25(3,4)15(16)7-8-19(27)26(28,5)12-18(31)22(28)29/h7,9-10,16,18-19,22-23,31,34-36H,8,11-14H2,1-6H3/b10-9+/t16-,18-,19+,22+,23+,26+,27+,28+,29+/m1/s1. The second kappa shape index (κ2) is 7.25. The van der Waals surface area contributed by atoms with Crippen molar-refractivity contribution < 1.29 is 34.8 Å². The lowest BCUT2D eigenvalue weighted by molar-refractivity contribution is -0.249. The highest BCUT2D eigenvalue weighted by Gasteiger charge is 2.82. The molecule has 5 aliphatic rings. The Morgan fingerprint density at radius 2 is 1.78 bits per heavy atom. The fourth-order valence-corrected chi connectivity index (χ4v) is 9.45. The van der Waals surface area contributed by atoms with Gasteiger partial charge < -0.3 is 20.4 Å². The molecule has 36 heavy (non-hydrogen) atoms. The highest BCUT2D eigenvalue weighted by Crippen LogP contribution is 2.80. The van der Waals surface area contributed by atoms with E-state index in [2.05, 4.69) is 13.0 Å². The van der Waals surface area contributed by atoms with Crippen molar-refractivity contribution in [1.29, 1.82) is 0 Å². The van der Waals surface area contributed by atoms with Gasteiger partial charge in [-0.25, -0.2) is 0 Å². The van der Waals surface area contributed by atoms with Crippen molar-refractivity contribution in [3.63, 3.8) is 0 Å². The fraction of sp³-hybridized carbons (Fsp3) is 0.759. The van der Waals surface area contributed by atoms with Gasteiger partial charge in [-0.1, -0.05) is 45.4 Å². The van der Waals surface area contributed by atoms with Crippen LogP contribution in [0.4, 0.5) is 0 Å². The first-order chi connectivity index (χ1) is 16.4. The van der Waals surface area contributed by atoms with E-state index in [1.807, 2.05) is 20.8 Å². The Morgan fingerprint density at radius 1 is 1.14 bits per heavy atom. The van der Waals surface area contributed by atoms with E-state index in [1.165, 1.54) is 26.0 Å². The van der Waals surface area contributed by atoms with Crippen LogP contribution in [0, 0.1) is 39.4 Å². The number of fused-ring (bicyclic) bond motifs is 4. The Kier molecular flexibility index (Phi) is 5.23. The smallest absolute Gasteiger partial charge is 0.187 e. The Hall–Kier alpha value is -1.67. The average molecular weight is 501 g/mol. The van der Waals surface area contributed by atoms with Crippen LogP contribution in [-0.4, -0.2) is 61.2 Å². The highest BCUT2D eigenvalue weighted by molar-refractivity contribution is 5.99. The molecular formula is C29H40O7. The largest absolute Gasteiger partial charge is 0.393 e. The van der Waals surface area contributed by atoms with Gasteiger partial charge in [-0.3, -0.25) is 14.4 Å². The van der Waals surface area contributed by atoms with Gasteiger partial charge in [0.2, 0.25) is 0 Å². The molecule has 0 unspecified atom stereocenters. The Balaban J connectivity index is 1.56. The molecule has 7 heteroatoms. The first kappa shape index (κ1) is 26.0. The van der Waals surface area contributed by atoms with Crippen molar-refractivity contribution in [3.8, 4) is 0 Å². The van der Waals surface area contributed by atoms with Gasteiger partial charge in [0.05, 0.1) is 11.7 Å². The lowest BCUT2D eigenvalue weighted by Gasteiger charge is -2.70. The van der Waals surface area contributed by atoms with Gasteiger partial charge in [-0.05, 0) is 61.9 Å². The van der Waals surface area contributed by atoms with Gasteiger partial charge in [-0.15, -0.1) is 0 Å². The maximum atomic E-state index is 14.1. The summed E-state index contributed by atoms with van der Waals surface area (Å²) < 4.78 is 0. The van der Waals surface area contributed by atoms with E-state index < -0.39 is 56.8 Å². The third kappa shape index (κ3) is 2.92. The summed E-state index contributed by atoms with van der Waals surface area (Å²) in [5, 5.41) is 43.4. The zero-order chi connectivity index (χ0) is 26.9. The van der Waals surface area contributed by atoms with Crippen LogP contribution >= 0.6 is 0 Å². The number of allylic oxidation sites excluding steroid dienone is 1. The van der Waals surface area contributed by atoms with Crippen molar-refractivity contribution >= 4 is 17.3 Å². The summed E-state index contributed by atoms with van der Waals surface area (Å²) in [7, 11) is 0. The van der Waals surface area contributed by atoms with Crippen molar-refractivity contribution in [2.75, 3.05) is 0 Å². The lowest BCUT2D eigenvalue weighted by atomic mass is 9.33. The minimum absolute atomic E-state index is 0.0150. The summed E-state index contributed by atoms with van der Waals surface area (Å²) in [5.74, 6) is -2.02. The molecule has 0 bridgehead atoms. The van der Waals surface area contributed by atoms with Crippen LogP contribution in [0.2, 0.25) is 0 Å². The Labute approximate surface area is 212 Å². The van der Waals surface area contributed by atoms with Gasteiger partial charge in [-0.2, -0.15) is 0 Å². The molecule has 1 spiro atoms. The number of hydrogen-bond acceptors (Lipinski definition) is 7. The van der Waals surface area contributed by atoms with E-state index in [9.17, 15) is 34.8 Å². The molecule has 4 fully saturated rings. The summed E-state index contributed by atoms with van der Waals surface area (Å²) >= 11 is 0. The Bertz CT molecular complexity index is 1110. The number of rotatable bonds is 3. The quantitative estimate of drug-likeness (QED) is 0.345. The van der Waals surface area contributed by atoms with Crippen LogP contribution in [-0.2, 0) is 14.4 Å². The van der Waals surface area contributed by atoms with Crippen molar-refractivity contribution in [1.82, 2.24) is 0 Å². The maximum absolute atomic E-state index is 14.1. The van der Waals surface area contributed by atoms with Crippen LogP contribution in [0.25, 0.3) is 0 Å². The molecule has 9 atom stereocenters. The highest BCUT2D eigenvalue weighted by atomic mass is 16.3. The maximum Gasteiger partial charge on any atom is 0.187 e. The summed E-state index contributed by atoms with van der Waals surface area (Å²) in [6.07, 6.45) is 3.91. The van der Waals surface area contributed by atoms with Crippen LogP contribution < -0.4 is 0 Å². The van der Waals surface area contributed by atoms with Crippen LogP contribution in [0.5, 0.6) is 0 Å². The first-order valence-electron chi connectivity index (χ1n) is 13.2. The van der Waals surface area contributed by atoms with E-state index in [1.54, 1.807) is 0 Å². The summed E-state index contributed by atoms with van der Waals surface area (Å²) in [6, 6.07) is 0. The normalized spacial score (nSPS) is 49.5. The third-order valence-corrected chi connectivity index (χ3v) is 11.3. The van der Waals surface area contributed by atoms with Gasteiger partial charge in [0.15, 0.2) is 11.6 Å². The number of ketones is 3. The molecule has 0 aromatic carbocycles. The molecule has 4 N–H and O–H groups in total. The SMILES string of the molecule is CC(C)(O)/C=C/C(=O)[C@@]1(O)C[C@]23CC(=O)[C@@]4(C)[C@@H]5CC(=O)[C@H](O)C(C)(C)C5=CC[C@H]4[C@]2(C)C[C@@H](O)[C@@H]31. The van der Waals surface area contributed by atoms with Crippen LogP contribution in [0.15, 0.2) is 23.8 Å². The number of Topliss-reactive ketones (excluding diaryl/α,β-unsaturated/α-hetero) is 2. The molecule has 5 rings (SSSR count). The van der Waals surface area contributed by atoms with E-state index in [-0.39, 0.29) is 42.7 Å². The predicted molar refractivity (Wildman–Crippen MR) is 131 cm³/mol. The summed E-state index contributed by atoms with van der Waals surface area (Å²) in [4.78, 5) is 40.1. The molecule has 0 saturated heterocycles. The van der Waals surface area contributed by atoms with Crippen molar-refractivity contribution in [2.45, 2.75) is 97.1 Å². The third-order valence-electron chi connectivity index (χ3n) is 11.3. The monoisotopic (exact) mass is 500 g/mol. The molecule has 4 saturated carbocycles. The number of carbonyl (C=O) groups is 3. The van der Waals surface area contributed by atoms with Crippen molar-refractivity contribution in [2.24, 2.45) is 39.4 Å². The zero-order valence-corrected chi connectivity index (χ0v) is 22.2. The molecule has 5 aliphatic carbocycles. The summed E-state index contributed by atoms with van der Waals surface area (Å²) in [6.45, 7) is 10.8. The topological polar surface area (TPSA) is 132 Å². The molecule has 0 radical (unpaired) electrons. The van der Waals surface area contributed by atoms with E-state index in [4.69, 9.17) is 0 Å². The van der Waals surface area contributed by atoms with Crippen LogP contribution in [0.3, 0.4) is 0 Å². The molecule has 198 valence electrons. The minimum Gasteiger partial charge on any atom is -0.393 e.